The fourth-order valence-corrected chi connectivity index (χ4v) is 1.72. The lowest BCUT2D eigenvalue weighted by atomic mass is 10.2. The molecule has 0 fully saturated rings. The van der Waals surface area contributed by atoms with Gasteiger partial charge < -0.3 is 15.4 Å². The summed E-state index contributed by atoms with van der Waals surface area (Å²) in [6.45, 7) is 6.42. The van der Waals surface area contributed by atoms with Gasteiger partial charge in [0.2, 0.25) is 0 Å². The first kappa shape index (κ1) is 16.7. The van der Waals surface area contributed by atoms with Crippen molar-refractivity contribution in [3.05, 3.63) is 34.9 Å². The fourth-order valence-electron chi connectivity index (χ4n) is 1.36. The molecule has 4 nitrogen and oxygen atoms in total. The molecule has 1 aromatic rings. The van der Waals surface area contributed by atoms with Crippen LogP contribution in [-0.4, -0.2) is 29.8 Å². The Bertz CT molecular complexity index is 469. The average Bonchev–Trinajstić information content (AvgIpc) is 2.33. The molecule has 0 saturated heterocycles. The van der Waals surface area contributed by atoms with Crippen LogP contribution >= 0.6 is 23.8 Å². The lowest BCUT2D eigenvalue weighted by Crippen LogP contribution is -2.37. The van der Waals surface area contributed by atoms with E-state index in [1.54, 1.807) is 12.1 Å². The molecule has 0 aliphatic rings. The van der Waals surface area contributed by atoms with Gasteiger partial charge in [-0.2, -0.15) is 0 Å². The zero-order valence-electron chi connectivity index (χ0n) is 11.8. The smallest absolute Gasteiger partial charge is 0.407 e. The van der Waals surface area contributed by atoms with Crippen molar-refractivity contribution < 1.29 is 9.53 Å². The van der Waals surface area contributed by atoms with Gasteiger partial charge in [-0.05, 0) is 32.9 Å². The maximum Gasteiger partial charge on any atom is 0.407 e. The molecule has 1 rings (SSSR count). The van der Waals surface area contributed by atoms with Crippen LogP contribution in [0.2, 0.25) is 5.02 Å². The van der Waals surface area contributed by atoms with Gasteiger partial charge in [-0.3, -0.25) is 0 Å². The normalized spacial score (nSPS) is 10.8. The van der Waals surface area contributed by atoms with Gasteiger partial charge in [0.1, 0.15) is 10.6 Å². The largest absolute Gasteiger partial charge is 0.444 e. The molecular formula is C14H19ClN2O2S. The number of rotatable bonds is 4. The van der Waals surface area contributed by atoms with E-state index in [4.69, 9.17) is 28.6 Å². The molecule has 1 amide bonds. The summed E-state index contributed by atoms with van der Waals surface area (Å²) in [6, 6.07) is 7.26. The van der Waals surface area contributed by atoms with Crippen molar-refractivity contribution in [1.82, 2.24) is 10.6 Å². The van der Waals surface area contributed by atoms with Gasteiger partial charge in [-0.25, -0.2) is 4.79 Å². The highest BCUT2D eigenvalue weighted by molar-refractivity contribution is 7.80. The van der Waals surface area contributed by atoms with Crippen LogP contribution in [0.5, 0.6) is 0 Å². The molecule has 0 spiro atoms. The zero-order chi connectivity index (χ0) is 15.2. The summed E-state index contributed by atoms with van der Waals surface area (Å²) in [7, 11) is 0. The summed E-state index contributed by atoms with van der Waals surface area (Å²) >= 11 is 11.0. The van der Waals surface area contributed by atoms with Crippen LogP contribution in [0, 0.1) is 0 Å². The van der Waals surface area contributed by atoms with Crippen molar-refractivity contribution in [3.63, 3.8) is 0 Å². The standard InChI is InChI=1S/C14H19ClN2O2S/c1-14(2,3)19-13(18)17-9-8-16-12(20)10-4-6-11(15)7-5-10/h4-7H,8-9H2,1-3H3,(H,16,20)(H,17,18). The first-order valence-corrected chi connectivity index (χ1v) is 7.07. The Morgan fingerprint density at radius 2 is 1.75 bits per heavy atom. The second-order valence-corrected chi connectivity index (χ2v) is 6.04. The quantitative estimate of drug-likeness (QED) is 0.662. The van der Waals surface area contributed by atoms with Gasteiger partial charge in [0.25, 0.3) is 0 Å². The predicted molar refractivity (Wildman–Crippen MR) is 85.4 cm³/mol. The minimum Gasteiger partial charge on any atom is -0.444 e. The number of alkyl carbamates (subject to hydrolysis) is 1. The van der Waals surface area contributed by atoms with E-state index in [0.717, 1.165) is 5.56 Å². The Balaban J connectivity index is 2.26. The Morgan fingerprint density at radius 3 is 2.30 bits per heavy atom. The Labute approximate surface area is 129 Å². The third kappa shape index (κ3) is 6.73. The Kier molecular flexibility index (Phi) is 6.23. The van der Waals surface area contributed by atoms with Crippen LogP contribution in [0.4, 0.5) is 4.79 Å². The fraction of sp³-hybridized carbons (Fsp3) is 0.429. The lowest BCUT2D eigenvalue weighted by Gasteiger charge is -2.19. The second kappa shape index (κ2) is 7.45. The molecule has 0 radical (unpaired) electrons. The summed E-state index contributed by atoms with van der Waals surface area (Å²) in [5.41, 5.74) is 0.400. The first-order valence-electron chi connectivity index (χ1n) is 6.28. The summed E-state index contributed by atoms with van der Waals surface area (Å²) in [5.74, 6) is 0. The van der Waals surface area contributed by atoms with Gasteiger partial charge in [0, 0.05) is 23.7 Å². The molecule has 1 aromatic carbocycles. The molecule has 0 saturated carbocycles. The zero-order valence-corrected chi connectivity index (χ0v) is 13.4. The molecule has 110 valence electrons. The summed E-state index contributed by atoms with van der Waals surface area (Å²) < 4.78 is 5.12. The summed E-state index contributed by atoms with van der Waals surface area (Å²) in [4.78, 5) is 12.0. The molecule has 0 unspecified atom stereocenters. The van der Waals surface area contributed by atoms with Crippen LogP contribution in [-0.2, 0) is 4.74 Å². The second-order valence-electron chi connectivity index (χ2n) is 5.19. The maximum absolute atomic E-state index is 11.4. The number of halogens is 1. The van der Waals surface area contributed by atoms with E-state index < -0.39 is 11.7 Å². The number of carbonyl (C=O) groups is 1. The minimum atomic E-state index is -0.490. The number of benzene rings is 1. The molecular weight excluding hydrogens is 296 g/mol. The monoisotopic (exact) mass is 314 g/mol. The van der Waals surface area contributed by atoms with Crippen molar-refractivity contribution in [2.45, 2.75) is 26.4 Å². The Morgan fingerprint density at radius 1 is 1.20 bits per heavy atom. The first-order chi connectivity index (χ1) is 9.28. The van der Waals surface area contributed by atoms with Crippen molar-refractivity contribution in [2.24, 2.45) is 0 Å². The molecule has 0 heterocycles. The average molecular weight is 315 g/mol. The van der Waals surface area contributed by atoms with Crippen LogP contribution in [0.1, 0.15) is 26.3 Å². The van der Waals surface area contributed by atoms with Crippen molar-refractivity contribution >= 4 is 34.9 Å². The highest BCUT2D eigenvalue weighted by Crippen LogP contribution is 2.09. The van der Waals surface area contributed by atoms with Gasteiger partial charge in [-0.1, -0.05) is 36.0 Å². The lowest BCUT2D eigenvalue weighted by molar-refractivity contribution is 0.0529. The van der Waals surface area contributed by atoms with Crippen LogP contribution in [0.15, 0.2) is 24.3 Å². The number of nitrogens with one attached hydrogen (secondary N) is 2. The molecule has 0 aliphatic carbocycles. The number of amides is 1. The van der Waals surface area contributed by atoms with Crippen LogP contribution in [0.3, 0.4) is 0 Å². The van der Waals surface area contributed by atoms with E-state index in [1.807, 2.05) is 32.9 Å². The molecule has 20 heavy (non-hydrogen) atoms. The number of hydrogen-bond acceptors (Lipinski definition) is 3. The Hall–Kier alpha value is -1.33. The van der Waals surface area contributed by atoms with Crippen LogP contribution in [0.25, 0.3) is 0 Å². The number of hydrogen-bond donors (Lipinski definition) is 2. The third-order valence-corrected chi connectivity index (χ3v) is 2.82. The number of ether oxygens (including phenoxy) is 1. The van der Waals surface area contributed by atoms with Crippen molar-refractivity contribution in [2.75, 3.05) is 13.1 Å². The topological polar surface area (TPSA) is 50.4 Å². The molecule has 0 aliphatic heterocycles. The highest BCUT2D eigenvalue weighted by Gasteiger charge is 2.15. The number of carbonyl (C=O) groups excluding carboxylic acids is 1. The van der Waals surface area contributed by atoms with Crippen LogP contribution < -0.4 is 10.6 Å². The predicted octanol–water partition coefficient (Wildman–Crippen LogP) is 3.13. The molecule has 2 N–H and O–H groups in total. The number of thiocarbonyl (C=S) groups is 1. The molecule has 6 heteroatoms. The van der Waals surface area contributed by atoms with Crippen molar-refractivity contribution in [3.8, 4) is 0 Å². The third-order valence-electron chi connectivity index (χ3n) is 2.19. The summed E-state index contributed by atoms with van der Waals surface area (Å²) in [5, 5.41) is 6.37. The van der Waals surface area contributed by atoms with E-state index in [9.17, 15) is 4.79 Å². The maximum atomic E-state index is 11.4. The van der Waals surface area contributed by atoms with E-state index >= 15 is 0 Å². The van der Waals surface area contributed by atoms with E-state index in [1.165, 1.54) is 0 Å². The van der Waals surface area contributed by atoms with Gasteiger partial charge in [-0.15, -0.1) is 0 Å². The van der Waals surface area contributed by atoms with E-state index in [-0.39, 0.29) is 0 Å². The van der Waals surface area contributed by atoms with E-state index in [2.05, 4.69) is 10.6 Å². The van der Waals surface area contributed by atoms with Gasteiger partial charge in [0.05, 0.1) is 0 Å². The van der Waals surface area contributed by atoms with Gasteiger partial charge in [0.15, 0.2) is 0 Å². The molecule has 0 atom stereocenters. The minimum absolute atomic E-state index is 0.433. The highest BCUT2D eigenvalue weighted by atomic mass is 35.5. The summed E-state index contributed by atoms with van der Waals surface area (Å²) in [6.07, 6.45) is -0.434. The molecule has 0 bridgehead atoms. The van der Waals surface area contributed by atoms with Gasteiger partial charge >= 0.3 is 6.09 Å². The van der Waals surface area contributed by atoms with E-state index in [0.29, 0.717) is 23.1 Å². The SMILES string of the molecule is CC(C)(C)OC(=O)NCCNC(=S)c1ccc(Cl)cc1. The molecule has 0 aromatic heterocycles. The van der Waals surface area contributed by atoms with Crippen molar-refractivity contribution in [1.29, 1.82) is 0 Å².